The molecule has 116 valence electrons. The van der Waals surface area contributed by atoms with Crippen LogP contribution in [0.25, 0.3) is 0 Å². The first-order valence-corrected chi connectivity index (χ1v) is 9.12. The van der Waals surface area contributed by atoms with E-state index < -0.39 is 15.8 Å². The lowest BCUT2D eigenvalue weighted by Crippen LogP contribution is -2.45. The highest BCUT2D eigenvalue weighted by Crippen LogP contribution is 2.35. The second-order valence-corrected chi connectivity index (χ2v) is 7.71. The number of rotatable bonds is 4. The van der Waals surface area contributed by atoms with Crippen LogP contribution in [0.3, 0.4) is 0 Å². The summed E-state index contributed by atoms with van der Waals surface area (Å²) < 4.78 is 43.7. The lowest BCUT2D eigenvalue weighted by Gasteiger charge is -2.35. The predicted octanol–water partition coefficient (Wildman–Crippen LogP) is 0.770. The van der Waals surface area contributed by atoms with E-state index >= 15 is 0 Å². The standard InChI is InChI=1S/C13H23NO5S/c15-20(16,10-12-2-1-7-17-12)14-11-3-5-13(6-4-11)18-8-9-19-13/h11-12,14H,1-10H2. The van der Waals surface area contributed by atoms with Gasteiger partial charge in [0.2, 0.25) is 10.0 Å². The molecule has 0 amide bonds. The van der Waals surface area contributed by atoms with E-state index in [-0.39, 0.29) is 17.9 Å². The second-order valence-electron chi connectivity index (χ2n) is 5.92. The van der Waals surface area contributed by atoms with E-state index in [1.54, 1.807) is 0 Å². The summed E-state index contributed by atoms with van der Waals surface area (Å²) in [7, 11) is -3.26. The van der Waals surface area contributed by atoms with E-state index in [1.807, 2.05) is 0 Å². The molecule has 0 aromatic rings. The molecule has 3 aliphatic rings. The third-order valence-electron chi connectivity index (χ3n) is 4.34. The molecular weight excluding hydrogens is 282 g/mol. The first-order chi connectivity index (χ1) is 9.57. The summed E-state index contributed by atoms with van der Waals surface area (Å²) >= 11 is 0. The van der Waals surface area contributed by atoms with E-state index in [4.69, 9.17) is 14.2 Å². The lowest BCUT2D eigenvalue weighted by molar-refractivity contribution is -0.178. The Morgan fingerprint density at radius 2 is 1.75 bits per heavy atom. The zero-order valence-corrected chi connectivity index (χ0v) is 12.5. The summed E-state index contributed by atoms with van der Waals surface area (Å²) in [6, 6.07) is -0.000159. The van der Waals surface area contributed by atoms with Crippen molar-refractivity contribution in [1.82, 2.24) is 4.72 Å². The first kappa shape index (κ1) is 14.7. The number of ether oxygens (including phenoxy) is 3. The summed E-state index contributed by atoms with van der Waals surface area (Å²) in [6.07, 6.45) is 4.73. The van der Waals surface area contributed by atoms with Crippen molar-refractivity contribution >= 4 is 10.0 Å². The van der Waals surface area contributed by atoms with Crippen LogP contribution in [0.5, 0.6) is 0 Å². The molecule has 1 N–H and O–H groups in total. The Morgan fingerprint density at radius 3 is 2.35 bits per heavy atom. The van der Waals surface area contributed by atoms with E-state index in [9.17, 15) is 8.42 Å². The van der Waals surface area contributed by atoms with Crippen LogP contribution in [0.15, 0.2) is 0 Å². The van der Waals surface area contributed by atoms with Gasteiger partial charge in [-0.15, -0.1) is 0 Å². The summed E-state index contributed by atoms with van der Waals surface area (Å²) in [6.45, 7) is 1.98. The summed E-state index contributed by atoms with van der Waals surface area (Å²) in [5.74, 6) is -0.349. The van der Waals surface area contributed by atoms with Crippen LogP contribution in [0.2, 0.25) is 0 Å². The van der Waals surface area contributed by atoms with Crippen LogP contribution in [0.4, 0.5) is 0 Å². The molecule has 0 aromatic carbocycles. The van der Waals surface area contributed by atoms with E-state index in [1.165, 1.54) is 0 Å². The Kier molecular flexibility index (Phi) is 4.33. The van der Waals surface area contributed by atoms with Crippen molar-refractivity contribution in [1.29, 1.82) is 0 Å². The van der Waals surface area contributed by atoms with E-state index in [0.717, 1.165) is 38.5 Å². The van der Waals surface area contributed by atoms with Gasteiger partial charge in [0.15, 0.2) is 5.79 Å². The van der Waals surface area contributed by atoms with Gasteiger partial charge in [-0.2, -0.15) is 0 Å². The molecular formula is C13H23NO5S. The third kappa shape index (κ3) is 3.51. The molecule has 2 heterocycles. The van der Waals surface area contributed by atoms with Gasteiger partial charge in [0.1, 0.15) is 0 Å². The Morgan fingerprint density at radius 1 is 1.05 bits per heavy atom. The molecule has 1 atom stereocenters. The van der Waals surface area contributed by atoms with Crippen molar-refractivity contribution in [2.75, 3.05) is 25.6 Å². The minimum atomic E-state index is -3.26. The van der Waals surface area contributed by atoms with Gasteiger partial charge < -0.3 is 14.2 Å². The molecule has 0 bridgehead atoms. The first-order valence-electron chi connectivity index (χ1n) is 7.46. The SMILES string of the molecule is O=S(=O)(CC1CCCO1)NC1CCC2(CC1)OCCO2. The Bertz CT molecular complexity index is 416. The van der Waals surface area contributed by atoms with Crippen molar-refractivity contribution in [3.8, 4) is 0 Å². The molecule has 6 nitrogen and oxygen atoms in total. The van der Waals surface area contributed by atoms with Crippen molar-refractivity contribution in [2.45, 2.75) is 56.5 Å². The van der Waals surface area contributed by atoms with Crippen LogP contribution in [0, 0.1) is 0 Å². The third-order valence-corrected chi connectivity index (χ3v) is 5.84. The fourth-order valence-electron chi connectivity index (χ4n) is 3.28. The maximum Gasteiger partial charge on any atom is 0.214 e. The summed E-state index contributed by atoms with van der Waals surface area (Å²) in [5, 5.41) is 0. The maximum atomic E-state index is 12.1. The number of sulfonamides is 1. The topological polar surface area (TPSA) is 73.9 Å². The van der Waals surface area contributed by atoms with Gasteiger partial charge in [-0.25, -0.2) is 13.1 Å². The molecule has 7 heteroatoms. The predicted molar refractivity (Wildman–Crippen MR) is 72.8 cm³/mol. The molecule has 1 aliphatic carbocycles. The molecule has 1 saturated carbocycles. The van der Waals surface area contributed by atoms with Gasteiger partial charge in [-0.1, -0.05) is 0 Å². The highest BCUT2D eigenvalue weighted by atomic mass is 32.2. The fraction of sp³-hybridized carbons (Fsp3) is 1.00. The van der Waals surface area contributed by atoms with Crippen molar-refractivity contribution in [3.63, 3.8) is 0 Å². The molecule has 2 saturated heterocycles. The highest BCUT2D eigenvalue weighted by Gasteiger charge is 2.41. The minimum absolute atomic E-state index is 0.000159. The van der Waals surface area contributed by atoms with Crippen molar-refractivity contribution in [3.05, 3.63) is 0 Å². The Labute approximate surface area is 120 Å². The average Bonchev–Trinajstić information content (AvgIpc) is 3.04. The second kappa shape index (κ2) is 5.88. The van der Waals surface area contributed by atoms with Crippen LogP contribution in [-0.4, -0.2) is 51.9 Å². The molecule has 0 aromatic heterocycles. The molecule has 20 heavy (non-hydrogen) atoms. The minimum Gasteiger partial charge on any atom is -0.377 e. The Hall–Kier alpha value is -0.210. The largest absolute Gasteiger partial charge is 0.377 e. The normalized spacial score (nSPS) is 31.1. The van der Waals surface area contributed by atoms with Gasteiger partial charge in [-0.05, 0) is 25.7 Å². The van der Waals surface area contributed by atoms with Gasteiger partial charge in [0.25, 0.3) is 0 Å². The lowest BCUT2D eigenvalue weighted by atomic mass is 9.91. The fourth-order valence-corrected chi connectivity index (χ4v) is 4.88. The quantitative estimate of drug-likeness (QED) is 0.830. The monoisotopic (exact) mass is 305 g/mol. The number of hydrogen-bond donors (Lipinski definition) is 1. The van der Waals surface area contributed by atoms with Crippen molar-refractivity contribution in [2.24, 2.45) is 0 Å². The van der Waals surface area contributed by atoms with Gasteiger partial charge in [0.05, 0.1) is 25.1 Å². The van der Waals surface area contributed by atoms with Crippen LogP contribution in [0.1, 0.15) is 38.5 Å². The molecule has 3 rings (SSSR count). The summed E-state index contributed by atoms with van der Waals surface area (Å²) in [4.78, 5) is 0. The molecule has 1 spiro atoms. The van der Waals surface area contributed by atoms with Crippen LogP contribution in [-0.2, 0) is 24.2 Å². The molecule has 0 radical (unpaired) electrons. The number of nitrogens with one attached hydrogen (secondary N) is 1. The number of hydrogen-bond acceptors (Lipinski definition) is 5. The highest BCUT2D eigenvalue weighted by molar-refractivity contribution is 7.89. The smallest absolute Gasteiger partial charge is 0.214 e. The van der Waals surface area contributed by atoms with Crippen molar-refractivity contribution < 1.29 is 22.6 Å². The van der Waals surface area contributed by atoms with Gasteiger partial charge in [-0.3, -0.25) is 0 Å². The van der Waals surface area contributed by atoms with Crippen LogP contribution < -0.4 is 4.72 Å². The molecule has 1 unspecified atom stereocenters. The summed E-state index contributed by atoms with van der Waals surface area (Å²) in [5.41, 5.74) is 0. The van der Waals surface area contributed by atoms with E-state index in [2.05, 4.69) is 4.72 Å². The van der Waals surface area contributed by atoms with E-state index in [0.29, 0.717) is 19.8 Å². The molecule has 3 fully saturated rings. The molecule has 2 aliphatic heterocycles. The van der Waals surface area contributed by atoms with Crippen LogP contribution >= 0.6 is 0 Å². The van der Waals surface area contributed by atoms with Gasteiger partial charge >= 0.3 is 0 Å². The zero-order valence-electron chi connectivity index (χ0n) is 11.7. The zero-order chi connectivity index (χ0) is 14.1. The van der Waals surface area contributed by atoms with Gasteiger partial charge in [0, 0.05) is 25.5 Å². The Balaban J connectivity index is 1.48. The average molecular weight is 305 g/mol. The maximum absolute atomic E-state index is 12.1.